The third-order valence-electron chi connectivity index (χ3n) is 2.73. The zero-order valence-corrected chi connectivity index (χ0v) is 10.1. The molecule has 0 saturated carbocycles. The summed E-state index contributed by atoms with van der Waals surface area (Å²) in [6, 6.07) is 3.68. The Labute approximate surface area is 103 Å². The van der Waals surface area contributed by atoms with Crippen LogP contribution in [0.2, 0.25) is 0 Å². The topological polar surface area (TPSA) is 49.7 Å². The largest absolute Gasteiger partial charge is 0.504 e. The number of hydrogen-bond acceptors (Lipinski definition) is 3. The van der Waals surface area contributed by atoms with Gasteiger partial charge in [-0.3, -0.25) is 0 Å². The zero-order chi connectivity index (χ0) is 14.0. The van der Waals surface area contributed by atoms with Gasteiger partial charge < -0.3 is 14.9 Å². The van der Waals surface area contributed by atoms with E-state index in [1.54, 1.807) is 6.92 Å². The van der Waals surface area contributed by atoms with Gasteiger partial charge in [0.1, 0.15) is 0 Å². The average Bonchev–Trinajstić information content (AvgIpc) is 2.29. The summed E-state index contributed by atoms with van der Waals surface area (Å²) in [6.45, 7) is 3.04. The maximum absolute atomic E-state index is 12.9. The van der Waals surface area contributed by atoms with E-state index in [1.807, 2.05) is 0 Å². The first-order valence-corrected chi connectivity index (χ1v) is 5.52. The molecule has 1 rings (SSSR count). The number of halogens is 3. The maximum atomic E-state index is 12.9. The fourth-order valence-corrected chi connectivity index (χ4v) is 1.67. The lowest BCUT2D eigenvalue weighted by molar-refractivity contribution is -0.268. The molecule has 0 aliphatic heterocycles. The number of rotatable bonds is 4. The number of phenols is 1. The van der Waals surface area contributed by atoms with E-state index in [9.17, 15) is 23.4 Å². The minimum atomic E-state index is -4.87. The Balaban J connectivity index is 3.35. The van der Waals surface area contributed by atoms with E-state index in [-0.39, 0.29) is 12.4 Å². The highest BCUT2D eigenvalue weighted by Crippen LogP contribution is 2.46. The molecule has 6 heteroatoms. The molecular formula is C12H15F3O3. The van der Waals surface area contributed by atoms with Crippen molar-refractivity contribution in [1.29, 1.82) is 0 Å². The molecule has 2 N–H and O–H groups in total. The highest BCUT2D eigenvalue weighted by atomic mass is 19.4. The zero-order valence-electron chi connectivity index (χ0n) is 10.1. The van der Waals surface area contributed by atoms with Crippen molar-refractivity contribution in [3.05, 3.63) is 23.8 Å². The number of alkyl halides is 3. The van der Waals surface area contributed by atoms with Crippen molar-refractivity contribution in [2.24, 2.45) is 0 Å². The van der Waals surface area contributed by atoms with Gasteiger partial charge in [-0.2, -0.15) is 13.2 Å². The number of para-hydroxylation sites is 1. The van der Waals surface area contributed by atoms with Gasteiger partial charge in [0, 0.05) is 5.56 Å². The highest BCUT2D eigenvalue weighted by Gasteiger charge is 2.55. The van der Waals surface area contributed by atoms with Crippen molar-refractivity contribution in [3.63, 3.8) is 0 Å². The number of aliphatic hydroxyl groups is 1. The van der Waals surface area contributed by atoms with Crippen LogP contribution in [0.15, 0.2) is 18.2 Å². The third kappa shape index (κ3) is 2.38. The van der Waals surface area contributed by atoms with Crippen LogP contribution in [0.4, 0.5) is 13.2 Å². The molecule has 0 fully saturated rings. The van der Waals surface area contributed by atoms with Crippen LogP contribution in [0.3, 0.4) is 0 Å². The van der Waals surface area contributed by atoms with Crippen LogP contribution in [0.1, 0.15) is 25.8 Å². The van der Waals surface area contributed by atoms with Gasteiger partial charge in [-0.05, 0) is 19.4 Å². The summed E-state index contributed by atoms with van der Waals surface area (Å²) < 4.78 is 43.7. The smallest absolute Gasteiger partial charge is 0.421 e. The number of benzene rings is 1. The van der Waals surface area contributed by atoms with Crippen LogP contribution in [0, 0.1) is 0 Å². The van der Waals surface area contributed by atoms with E-state index in [0.29, 0.717) is 0 Å². The summed E-state index contributed by atoms with van der Waals surface area (Å²) >= 11 is 0. The lowest BCUT2D eigenvalue weighted by atomic mass is 9.89. The number of phenolic OH excluding ortho intramolecular Hbond substituents is 1. The summed E-state index contributed by atoms with van der Waals surface area (Å²) in [5, 5.41) is 19.5. The molecule has 1 atom stereocenters. The molecule has 102 valence electrons. The van der Waals surface area contributed by atoms with Gasteiger partial charge in [0.2, 0.25) is 0 Å². The summed E-state index contributed by atoms with van der Waals surface area (Å²) in [7, 11) is 0. The molecule has 1 unspecified atom stereocenters. The number of ether oxygens (including phenoxy) is 1. The molecule has 0 radical (unpaired) electrons. The van der Waals surface area contributed by atoms with Crippen molar-refractivity contribution >= 4 is 0 Å². The average molecular weight is 264 g/mol. The Bertz CT molecular complexity index is 418. The fourth-order valence-electron chi connectivity index (χ4n) is 1.67. The molecule has 0 aliphatic rings. The summed E-state index contributed by atoms with van der Waals surface area (Å²) in [5.41, 5.74) is -3.67. The van der Waals surface area contributed by atoms with E-state index >= 15 is 0 Å². The first kappa shape index (κ1) is 14.6. The van der Waals surface area contributed by atoms with Gasteiger partial charge in [-0.25, -0.2) is 0 Å². The Morgan fingerprint density at radius 1 is 1.22 bits per heavy atom. The number of hydrogen-bond donors (Lipinski definition) is 2. The van der Waals surface area contributed by atoms with Crippen LogP contribution in [0.5, 0.6) is 11.5 Å². The molecular weight excluding hydrogens is 249 g/mol. The Kier molecular flexibility index (Phi) is 4.11. The highest BCUT2D eigenvalue weighted by molar-refractivity contribution is 5.48. The van der Waals surface area contributed by atoms with Crippen molar-refractivity contribution in [3.8, 4) is 11.5 Å². The second kappa shape index (κ2) is 5.06. The van der Waals surface area contributed by atoms with E-state index in [4.69, 9.17) is 4.74 Å². The molecule has 0 aliphatic carbocycles. The molecule has 0 spiro atoms. The Morgan fingerprint density at radius 2 is 1.83 bits per heavy atom. The normalized spacial score (nSPS) is 15.2. The van der Waals surface area contributed by atoms with E-state index < -0.39 is 29.5 Å². The second-order valence-corrected chi connectivity index (χ2v) is 3.80. The van der Waals surface area contributed by atoms with Gasteiger partial charge in [0.15, 0.2) is 17.1 Å². The van der Waals surface area contributed by atoms with Crippen molar-refractivity contribution in [2.45, 2.75) is 32.0 Å². The molecule has 1 aromatic carbocycles. The van der Waals surface area contributed by atoms with Crippen LogP contribution in [0.25, 0.3) is 0 Å². The van der Waals surface area contributed by atoms with E-state index in [1.165, 1.54) is 19.1 Å². The first-order valence-electron chi connectivity index (χ1n) is 5.52. The molecule has 1 aromatic rings. The van der Waals surface area contributed by atoms with Crippen LogP contribution >= 0.6 is 0 Å². The molecule has 0 heterocycles. The van der Waals surface area contributed by atoms with Gasteiger partial charge in [-0.15, -0.1) is 0 Å². The summed E-state index contributed by atoms with van der Waals surface area (Å²) in [5.74, 6) is -0.757. The molecule has 3 nitrogen and oxygen atoms in total. The predicted octanol–water partition coefficient (Wildman–Crippen LogP) is 2.95. The molecule has 18 heavy (non-hydrogen) atoms. The lowest BCUT2D eigenvalue weighted by Gasteiger charge is -2.30. The Morgan fingerprint density at radius 3 is 2.28 bits per heavy atom. The fraction of sp³-hybridized carbons (Fsp3) is 0.500. The standard InChI is InChI=1S/C12H15F3O3/c1-3-11(17,12(13,14)15)8-6-5-7-9(10(8)16)18-4-2/h5-7,16-17H,3-4H2,1-2H3. The minimum absolute atomic E-state index is 0.0777. The van der Waals surface area contributed by atoms with E-state index in [2.05, 4.69) is 0 Å². The first-order chi connectivity index (χ1) is 8.28. The summed E-state index contributed by atoms with van der Waals surface area (Å²) in [6.07, 6.45) is -5.47. The molecule has 0 bridgehead atoms. The SMILES string of the molecule is CCOc1cccc(C(O)(CC)C(F)(F)F)c1O. The molecule has 0 amide bonds. The number of aromatic hydroxyl groups is 1. The quantitative estimate of drug-likeness (QED) is 0.879. The van der Waals surface area contributed by atoms with Gasteiger partial charge in [0.25, 0.3) is 0 Å². The summed E-state index contributed by atoms with van der Waals surface area (Å²) in [4.78, 5) is 0. The van der Waals surface area contributed by atoms with Crippen molar-refractivity contribution in [1.82, 2.24) is 0 Å². The van der Waals surface area contributed by atoms with Gasteiger partial charge >= 0.3 is 6.18 Å². The predicted molar refractivity (Wildman–Crippen MR) is 59.5 cm³/mol. The van der Waals surface area contributed by atoms with Crippen LogP contribution < -0.4 is 4.74 Å². The van der Waals surface area contributed by atoms with Crippen LogP contribution in [-0.2, 0) is 5.60 Å². The van der Waals surface area contributed by atoms with Crippen LogP contribution in [-0.4, -0.2) is 23.0 Å². The van der Waals surface area contributed by atoms with E-state index in [0.717, 1.165) is 6.07 Å². The second-order valence-electron chi connectivity index (χ2n) is 3.80. The minimum Gasteiger partial charge on any atom is -0.504 e. The Hall–Kier alpha value is -1.43. The molecule has 0 saturated heterocycles. The molecule has 0 aromatic heterocycles. The van der Waals surface area contributed by atoms with Crippen molar-refractivity contribution in [2.75, 3.05) is 6.61 Å². The van der Waals surface area contributed by atoms with Gasteiger partial charge in [0.05, 0.1) is 6.61 Å². The monoisotopic (exact) mass is 264 g/mol. The van der Waals surface area contributed by atoms with Gasteiger partial charge in [-0.1, -0.05) is 19.1 Å². The van der Waals surface area contributed by atoms with Crippen molar-refractivity contribution < 1.29 is 28.1 Å². The maximum Gasteiger partial charge on any atom is 0.421 e. The lowest BCUT2D eigenvalue weighted by Crippen LogP contribution is -2.41. The third-order valence-corrected chi connectivity index (χ3v) is 2.73.